The third-order valence-electron chi connectivity index (χ3n) is 4.13. The fourth-order valence-corrected chi connectivity index (χ4v) is 6.00. The van der Waals surface area contributed by atoms with Crippen LogP contribution in [-0.4, -0.2) is 65.6 Å². The predicted octanol–water partition coefficient (Wildman–Crippen LogP) is 2.45. The van der Waals surface area contributed by atoms with Crippen molar-refractivity contribution in [1.29, 1.82) is 0 Å². The number of phosphoric acid groups is 2. The summed E-state index contributed by atoms with van der Waals surface area (Å²) in [6.07, 6.45) is 4.60. The molecule has 0 aromatic carbocycles. The van der Waals surface area contributed by atoms with Gasteiger partial charge in [0.15, 0.2) is 0 Å². The molecule has 0 heterocycles. The van der Waals surface area contributed by atoms with Gasteiger partial charge < -0.3 is 22.1 Å². The van der Waals surface area contributed by atoms with Crippen LogP contribution >= 0.6 is 23.9 Å². The summed E-state index contributed by atoms with van der Waals surface area (Å²) in [5.41, 5.74) is 15.7. The van der Waals surface area contributed by atoms with Crippen LogP contribution < -0.4 is 33.1 Å². The number of hydrogen-bond donors (Lipinski definition) is 6. The third-order valence-corrected chi connectivity index (χ3v) is 8.50. The van der Waals surface area contributed by atoms with Crippen LogP contribution in [0.25, 0.3) is 0 Å². The summed E-state index contributed by atoms with van der Waals surface area (Å²) in [6.45, 7) is 7.52. The van der Waals surface area contributed by atoms with Gasteiger partial charge in [-0.05, 0) is 21.5 Å². The molecule has 0 radical (unpaired) electrons. The monoisotopic (exact) mass is 583 g/mol. The average molecular weight is 584 g/mol. The van der Waals surface area contributed by atoms with E-state index < -0.39 is 23.9 Å². The second kappa shape index (κ2) is 24.1. The molecule has 0 aromatic rings. The van der Waals surface area contributed by atoms with Crippen molar-refractivity contribution < 1.29 is 40.6 Å². The Morgan fingerprint density at radius 2 is 1.08 bits per heavy atom. The summed E-state index contributed by atoms with van der Waals surface area (Å²) in [5, 5.41) is 6.02. The van der Waals surface area contributed by atoms with Gasteiger partial charge in [-0.1, -0.05) is 39.5 Å². The van der Waals surface area contributed by atoms with Gasteiger partial charge in [-0.25, -0.2) is 9.13 Å². The lowest BCUT2D eigenvalue weighted by atomic mass is 10.3. The van der Waals surface area contributed by atoms with Crippen LogP contribution in [0.2, 0.25) is 0 Å². The molecule has 18 heteroatoms. The zero-order valence-corrected chi connectivity index (χ0v) is 24.2. The molecule has 0 aliphatic rings. The van der Waals surface area contributed by atoms with E-state index in [9.17, 15) is 13.7 Å². The number of nitrogens with one attached hydrogen (secondary N) is 4. The fourth-order valence-electron chi connectivity index (χ4n) is 2.35. The van der Waals surface area contributed by atoms with Gasteiger partial charge in [0.05, 0.1) is 13.2 Å². The molecule has 2 unspecified atom stereocenters. The van der Waals surface area contributed by atoms with Crippen molar-refractivity contribution in [1.82, 2.24) is 21.6 Å². The highest BCUT2D eigenvalue weighted by Gasteiger charge is 2.48. The minimum atomic E-state index is -4.38. The van der Waals surface area contributed by atoms with Crippen LogP contribution in [0.3, 0.4) is 0 Å². The summed E-state index contributed by atoms with van der Waals surface area (Å²) in [4.78, 5) is 0. The first kappa shape index (κ1) is 36.1. The summed E-state index contributed by atoms with van der Waals surface area (Å²) >= 11 is 0. The molecule has 8 N–H and O–H groups in total. The molecule has 0 saturated heterocycles. The maximum absolute atomic E-state index is 13.0. The Bertz CT molecular complexity index is 589. The molecule has 0 bridgehead atoms. The lowest BCUT2D eigenvalue weighted by Crippen LogP contribution is -2.30. The lowest BCUT2D eigenvalue weighted by molar-refractivity contribution is 0.0897. The van der Waals surface area contributed by atoms with E-state index in [4.69, 9.17) is 38.4 Å². The Hall–Kier alpha value is 0.0800. The second-order valence-electron chi connectivity index (χ2n) is 7.41. The van der Waals surface area contributed by atoms with E-state index in [1.807, 2.05) is 13.8 Å². The van der Waals surface area contributed by atoms with E-state index in [2.05, 4.69) is 21.6 Å². The number of unbranched alkanes of at least 4 members (excludes halogenated alkanes) is 4. The van der Waals surface area contributed by atoms with Crippen LogP contribution in [0.5, 0.6) is 0 Å². The minimum absolute atomic E-state index is 0.0282. The van der Waals surface area contributed by atoms with Gasteiger partial charge in [0.1, 0.15) is 0 Å². The van der Waals surface area contributed by atoms with Crippen LogP contribution in [0.15, 0.2) is 0 Å². The molecule has 0 spiro atoms. The highest BCUT2D eigenvalue weighted by atomic mass is 31.3. The molecular weight excluding hydrogens is 537 g/mol. The lowest BCUT2D eigenvalue weighted by Gasteiger charge is -2.14. The summed E-state index contributed by atoms with van der Waals surface area (Å²) < 4.78 is 68.9. The first-order valence-corrected chi connectivity index (χ1v) is 16.4. The molecule has 36 heavy (non-hydrogen) atoms. The average Bonchev–Trinajstić information content (AvgIpc) is 2.84. The number of hydroxylamine groups is 2. The van der Waals surface area contributed by atoms with Crippen molar-refractivity contribution in [2.24, 2.45) is 11.5 Å². The first-order chi connectivity index (χ1) is 17.3. The van der Waals surface area contributed by atoms with Crippen molar-refractivity contribution in [3.63, 3.8) is 0 Å². The molecule has 216 valence electrons. The SMILES string of the molecule is CCCCCOP(=O)(ONCCNCCN)O[P+](=O)OP(=O)(OCCCCC)ONCCNCCN. The van der Waals surface area contributed by atoms with Crippen molar-refractivity contribution in [3.05, 3.63) is 0 Å². The van der Waals surface area contributed by atoms with E-state index in [0.29, 0.717) is 52.1 Å². The quantitative estimate of drug-likeness (QED) is 0.0444. The summed E-state index contributed by atoms with van der Waals surface area (Å²) in [7, 11) is -12.1. The maximum Gasteiger partial charge on any atom is 0.719 e. The smallest absolute Gasteiger partial charge is 0.329 e. The van der Waals surface area contributed by atoms with E-state index in [1.54, 1.807) is 0 Å². The maximum atomic E-state index is 13.0. The molecule has 0 fully saturated rings. The van der Waals surface area contributed by atoms with E-state index >= 15 is 0 Å². The van der Waals surface area contributed by atoms with Crippen molar-refractivity contribution in [2.75, 3.05) is 65.6 Å². The van der Waals surface area contributed by atoms with E-state index in [-0.39, 0.29) is 26.3 Å². The molecule has 2 atom stereocenters. The Morgan fingerprint density at radius 3 is 1.44 bits per heavy atom. The summed E-state index contributed by atoms with van der Waals surface area (Å²) in [6, 6.07) is 0. The van der Waals surface area contributed by atoms with Crippen molar-refractivity contribution in [2.45, 2.75) is 52.4 Å². The number of rotatable bonds is 28. The normalized spacial score (nSPS) is 15.5. The number of nitrogens with two attached hydrogens (primary N) is 2. The summed E-state index contributed by atoms with van der Waals surface area (Å²) in [5.74, 6) is 0. The molecule has 0 aliphatic heterocycles. The molecule has 0 aliphatic carbocycles. The van der Waals surface area contributed by atoms with Gasteiger partial charge in [0.25, 0.3) is 0 Å². The largest absolute Gasteiger partial charge is 0.719 e. The Balaban J connectivity index is 4.99. The minimum Gasteiger partial charge on any atom is -0.329 e. The van der Waals surface area contributed by atoms with E-state index in [1.165, 1.54) is 0 Å². The Kier molecular flexibility index (Phi) is 24.2. The third kappa shape index (κ3) is 21.1. The van der Waals surface area contributed by atoms with Crippen LogP contribution in [0, 0.1) is 0 Å². The first-order valence-electron chi connectivity index (χ1n) is 12.3. The van der Waals surface area contributed by atoms with Gasteiger partial charge >= 0.3 is 23.9 Å². The van der Waals surface area contributed by atoms with Gasteiger partial charge in [-0.3, -0.25) is 9.05 Å². The second-order valence-corrected chi connectivity index (χ2v) is 11.8. The van der Waals surface area contributed by atoms with E-state index in [0.717, 1.165) is 25.7 Å². The zero-order chi connectivity index (χ0) is 27.0. The predicted molar refractivity (Wildman–Crippen MR) is 138 cm³/mol. The standard InChI is InChI=1S/C18H46N6O9P3/c1-3-5-7-17-28-35(26,30-23-15-13-21-11-9-19)32-34(25)33-36(27,29-18-8-6-4-2)31-24-16-14-22-12-10-20/h21-24H,3-20H2,1-2H3/q+1. The zero-order valence-electron chi connectivity index (χ0n) is 21.5. The highest BCUT2D eigenvalue weighted by Crippen LogP contribution is 2.63. The Morgan fingerprint density at radius 1 is 0.667 bits per heavy atom. The van der Waals surface area contributed by atoms with Gasteiger partial charge in [0, 0.05) is 56.9 Å². The molecule has 0 rings (SSSR count). The number of hydrogen-bond acceptors (Lipinski definition) is 15. The van der Waals surface area contributed by atoms with Crippen molar-refractivity contribution >= 4 is 23.9 Å². The topological polar surface area (TPSA) is 207 Å². The molecule has 15 nitrogen and oxygen atoms in total. The molecule has 0 aromatic heterocycles. The Labute approximate surface area is 215 Å². The van der Waals surface area contributed by atoms with Gasteiger partial charge in [-0.2, -0.15) is 20.2 Å². The highest BCUT2D eigenvalue weighted by molar-refractivity contribution is 7.62. The van der Waals surface area contributed by atoms with Gasteiger partial charge in [0.2, 0.25) is 0 Å². The molecular formula is C18H46N6O9P3+. The van der Waals surface area contributed by atoms with Crippen LogP contribution in [0.4, 0.5) is 0 Å². The molecule has 0 amide bonds. The van der Waals surface area contributed by atoms with Crippen LogP contribution in [-0.2, 0) is 40.6 Å². The van der Waals surface area contributed by atoms with Crippen molar-refractivity contribution in [3.8, 4) is 0 Å². The van der Waals surface area contributed by atoms with Crippen LogP contribution in [0.1, 0.15) is 52.4 Å². The fraction of sp³-hybridized carbons (Fsp3) is 1.00. The van der Waals surface area contributed by atoms with Gasteiger partial charge in [-0.15, -0.1) is 0 Å². The molecule has 0 saturated carbocycles.